The van der Waals surface area contributed by atoms with Crippen LogP contribution in [0.15, 0.2) is 67.0 Å². The highest BCUT2D eigenvalue weighted by atomic mass is 32.1. The minimum Gasteiger partial charge on any atom is -0.444 e. The fraction of sp³-hybridized carbons (Fsp3) is 0.259. The second-order valence-electron chi connectivity index (χ2n) is 8.50. The van der Waals surface area contributed by atoms with Crippen LogP contribution in [0.25, 0.3) is 11.3 Å². The predicted octanol–water partition coefficient (Wildman–Crippen LogP) is 6.54. The highest BCUT2D eigenvalue weighted by Gasteiger charge is 2.23. The van der Waals surface area contributed by atoms with E-state index in [4.69, 9.17) is 9.72 Å². The molecule has 0 bridgehead atoms. The number of rotatable bonds is 7. The molecule has 5 rings (SSSR count). The number of thiazole rings is 1. The number of nitrogens with zero attached hydrogens (tertiary/aromatic N) is 3. The summed E-state index contributed by atoms with van der Waals surface area (Å²) in [7, 11) is 1.59. The molecule has 35 heavy (non-hydrogen) atoms. The van der Waals surface area contributed by atoms with E-state index in [0.717, 1.165) is 21.3 Å². The normalized spacial score (nSPS) is 13.9. The Bertz CT molecular complexity index is 1280. The number of hydrogen-bond acceptors (Lipinski definition) is 7. The van der Waals surface area contributed by atoms with Gasteiger partial charge in [0.15, 0.2) is 0 Å². The van der Waals surface area contributed by atoms with Gasteiger partial charge in [-0.3, -0.25) is 4.79 Å². The van der Waals surface area contributed by atoms with E-state index in [2.05, 4.69) is 32.7 Å². The molecule has 2 N–H and O–H groups in total. The Morgan fingerprint density at radius 2 is 1.83 bits per heavy atom. The minimum absolute atomic E-state index is 0.177. The zero-order chi connectivity index (χ0) is 24.0. The van der Waals surface area contributed by atoms with Gasteiger partial charge in [0.25, 0.3) is 5.91 Å². The SMILES string of the molecule is CNC(=O)c1ccc(Nc2cc(Oc3sc(C4CCCCC4)nc3-c3ccccc3)ccn2)nc1. The maximum Gasteiger partial charge on any atom is 0.252 e. The van der Waals surface area contributed by atoms with E-state index in [1.54, 1.807) is 36.7 Å². The van der Waals surface area contributed by atoms with Crippen LogP contribution in [-0.4, -0.2) is 27.9 Å². The van der Waals surface area contributed by atoms with Crippen LogP contribution < -0.4 is 15.4 Å². The summed E-state index contributed by atoms with van der Waals surface area (Å²) < 4.78 is 6.38. The third kappa shape index (κ3) is 5.49. The standard InChI is InChI=1S/C27H27N5O2S/c1-28-25(33)20-12-13-22(30-17-20)31-23-16-21(14-15-29-23)34-27-24(18-8-4-2-5-9-18)32-26(35-27)19-10-6-3-7-11-19/h2,4-5,8-9,12-17,19H,3,6-7,10-11H2,1H3,(H,28,33)(H,29,30,31). The molecule has 0 atom stereocenters. The van der Waals surface area contributed by atoms with Crippen molar-refractivity contribution in [3.63, 3.8) is 0 Å². The molecule has 0 aliphatic heterocycles. The number of ether oxygens (including phenoxy) is 1. The van der Waals surface area contributed by atoms with E-state index >= 15 is 0 Å². The molecule has 1 aliphatic rings. The first-order chi connectivity index (χ1) is 17.2. The van der Waals surface area contributed by atoms with Crippen LogP contribution in [0.3, 0.4) is 0 Å². The minimum atomic E-state index is -0.177. The van der Waals surface area contributed by atoms with Gasteiger partial charge in [-0.15, -0.1) is 0 Å². The van der Waals surface area contributed by atoms with Gasteiger partial charge in [0.2, 0.25) is 5.06 Å². The van der Waals surface area contributed by atoms with Crippen LogP contribution >= 0.6 is 11.3 Å². The summed E-state index contributed by atoms with van der Waals surface area (Å²) in [4.78, 5) is 25.5. The largest absolute Gasteiger partial charge is 0.444 e. The second-order valence-corrected chi connectivity index (χ2v) is 9.50. The second kappa shape index (κ2) is 10.7. The lowest BCUT2D eigenvalue weighted by molar-refractivity contribution is 0.0963. The molecule has 178 valence electrons. The Morgan fingerprint density at radius 3 is 2.57 bits per heavy atom. The molecule has 7 nitrogen and oxygen atoms in total. The van der Waals surface area contributed by atoms with Gasteiger partial charge < -0.3 is 15.4 Å². The van der Waals surface area contributed by atoms with Crippen molar-refractivity contribution in [1.82, 2.24) is 20.3 Å². The first-order valence-electron chi connectivity index (χ1n) is 11.8. The highest BCUT2D eigenvalue weighted by Crippen LogP contribution is 2.44. The monoisotopic (exact) mass is 485 g/mol. The fourth-order valence-electron chi connectivity index (χ4n) is 4.22. The molecule has 1 fully saturated rings. The summed E-state index contributed by atoms with van der Waals surface area (Å²) in [6.07, 6.45) is 9.44. The van der Waals surface area contributed by atoms with Gasteiger partial charge in [-0.25, -0.2) is 15.0 Å². The Labute approximate surface area is 208 Å². The van der Waals surface area contributed by atoms with Gasteiger partial charge in [0.1, 0.15) is 28.1 Å². The van der Waals surface area contributed by atoms with Gasteiger partial charge in [-0.05, 0) is 31.0 Å². The number of aromatic nitrogens is 3. The average molecular weight is 486 g/mol. The Morgan fingerprint density at radius 1 is 1.00 bits per heavy atom. The van der Waals surface area contributed by atoms with Crippen molar-refractivity contribution in [3.05, 3.63) is 77.6 Å². The summed E-state index contributed by atoms with van der Waals surface area (Å²) in [5.41, 5.74) is 2.43. The van der Waals surface area contributed by atoms with Gasteiger partial charge >= 0.3 is 0 Å². The summed E-state index contributed by atoms with van der Waals surface area (Å²) in [5, 5.41) is 7.71. The zero-order valence-corrected chi connectivity index (χ0v) is 20.3. The topological polar surface area (TPSA) is 89.0 Å². The lowest BCUT2D eigenvalue weighted by atomic mass is 9.90. The third-order valence-corrected chi connectivity index (χ3v) is 7.16. The Kier molecular flexibility index (Phi) is 6.99. The van der Waals surface area contributed by atoms with Gasteiger partial charge in [0, 0.05) is 37.0 Å². The number of amides is 1. The average Bonchev–Trinajstić information content (AvgIpc) is 3.33. The quantitative estimate of drug-likeness (QED) is 0.309. The van der Waals surface area contributed by atoms with Crippen molar-refractivity contribution in [1.29, 1.82) is 0 Å². The summed E-state index contributed by atoms with van der Waals surface area (Å²) in [6, 6.07) is 17.3. The van der Waals surface area contributed by atoms with Crippen molar-refractivity contribution >= 4 is 28.9 Å². The van der Waals surface area contributed by atoms with Crippen LogP contribution in [0.1, 0.15) is 53.4 Å². The smallest absolute Gasteiger partial charge is 0.252 e. The first kappa shape index (κ1) is 23.0. The molecular formula is C27H27N5O2S. The molecule has 1 aromatic carbocycles. The van der Waals surface area contributed by atoms with Crippen molar-refractivity contribution in [2.75, 3.05) is 12.4 Å². The van der Waals surface area contributed by atoms with Gasteiger partial charge in [-0.2, -0.15) is 0 Å². The lowest BCUT2D eigenvalue weighted by Crippen LogP contribution is -2.17. The Hall–Kier alpha value is -3.78. The number of anilines is 2. The van der Waals surface area contributed by atoms with E-state index < -0.39 is 0 Å². The van der Waals surface area contributed by atoms with E-state index in [1.165, 1.54) is 38.3 Å². The lowest BCUT2D eigenvalue weighted by Gasteiger charge is -2.18. The molecule has 1 aliphatic carbocycles. The predicted molar refractivity (Wildman–Crippen MR) is 139 cm³/mol. The molecule has 1 saturated carbocycles. The van der Waals surface area contributed by atoms with Crippen LogP contribution in [0, 0.1) is 0 Å². The van der Waals surface area contributed by atoms with E-state index in [1.807, 2.05) is 30.3 Å². The van der Waals surface area contributed by atoms with E-state index in [9.17, 15) is 4.79 Å². The van der Waals surface area contributed by atoms with Crippen LogP contribution in [0.5, 0.6) is 10.8 Å². The number of carbonyl (C=O) groups is 1. The molecule has 0 radical (unpaired) electrons. The summed E-state index contributed by atoms with van der Waals surface area (Å²) in [5.74, 6) is 2.18. The number of hydrogen-bond donors (Lipinski definition) is 2. The Balaban J connectivity index is 1.38. The maximum absolute atomic E-state index is 11.7. The van der Waals surface area contributed by atoms with Crippen molar-refractivity contribution in [3.8, 4) is 22.1 Å². The zero-order valence-electron chi connectivity index (χ0n) is 19.5. The fourth-order valence-corrected chi connectivity index (χ4v) is 5.35. The van der Waals surface area contributed by atoms with E-state index in [-0.39, 0.29) is 5.91 Å². The van der Waals surface area contributed by atoms with Crippen LogP contribution in [0.2, 0.25) is 0 Å². The van der Waals surface area contributed by atoms with Crippen molar-refractivity contribution in [2.24, 2.45) is 0 Å². The molecule has 1 amide bonds. The summed E-state index contributed by atoms with van der Waals surface area (Å²) in [6.45, 7) is 0. The van der Waals surface area contributed by atoms with Crippen molar-refractivity contribution < 1.29 is 9.53 Å². The third-order valence-electron chi connectivity index (χ3n) is 6.07. The molecular weight excluding hydrogens is 458 g/mol. The molecule has 3 heterocycles. The maximum atomic E-state index is 11.7. The molecule has 4 aromatic rings. The van der Waals surface area contributed by atoms with Crippen LogP contribution in [-0.2, 0) is 0 Å². The summed E-state index contributed by atoms with van der Waals surface area (Å²) >= 11 is 1.65. The number of pyridine rings is 2. The number of carbonyl (C=O) groups excluding carboxylic acids is 1. The molecule has 8 heteroatoms. The first-order valence-corrected chi connectivity index (χ1v) is 12.7. The number of nitrogens with one attached hydrogen (secondary N) is 2. The van der Waals surface area contributed by atoms with E-state index in [0.29, 0.717) is 28.9 Å². The molecule has 0 spiro atoms. The molecule has 0 saturated heterocycles. The number of benzene rings is 1. The van der Waals surface area contributed by atoms with Gasteiger partial charge in [-0.1, -0.05) is 60.9 Å². The molecule has 3 aromatic heterocycles. The van der Waals surface area contributed by atoms with Crippen molar-refractivity contribution in [2.45, 2.75) is 38.0 Å². The highest BCUT2D eigenvalue weighted by molar-refractivity contribution is 7.14. The molecule has 0 unspecified atom stereocenters. The van der Waals surface area contributed by atoms with Gasteiger partial charge in [0.05, 0.1) is 5.56 Å². The van der Waals surface area contributed by atoms with Crippen LogP contribution in [0.4, 0.5) is 11.6 Å².